The average molecular weight is 275 g/mol. The van der Waals surface area contributed by atoms with Gasteiger partial charge in [-0.15, -0.1) is 0 Å². The molecule has 3 aromatic rings. The van der Waals surface area contributed by atoms with Gasteiger partial charge < -0.3 is 0 Å². The summed E-state index contributed by atoms with van der Waals surface area (Å²) >= 11 is 0. The fourth-order valence-electron chi connectivity index (χ4n) is 2.31. The first-order valence-electron chi connectivity index (χ1n) is 6.94. The van der Waals surface area contributed by atoms with Crippen LogP contribution in [-0.4, -0.2) is 15.2 Å². The lowest BCUT2D eigenvalue weighted by Crippen LogP contribution is -1.89. The Kier molecular flexibility index (Phi) is 3.65. The van der Waals surface area contributed by atoms with Gasteiger partial charge in [-0.1, -0.05) is 25.3 Å². The van der Waals surface area contributed by atoms with Crippen molar-refractivity contribution in [1.29, 1.82) is 0 Å². The third-order valence-corrected chi connectivity index (χ3v) is 3.60. The summed E-state index contributed by atoms with van der Waals surface area (Å²) in [7, 11) is 0. The predicted octanol–water partition coefficient (Wildman–Crippen LogP) is 4.46. The molecule has 0 aliphatic rings. The highest BCUT2D eigenvalue weighted by Crippen LogP contribution is 2.25. The normalized spacial score (nSPS) is 10.7. The van der Waals surface area contributed by atoms with E-state index < -0.39 is 0 Å². The molecular formula is C18H17N3. The molecule has 3 nitrogen and oxygen atoms in total. The Hall–Kier alpha value is -2.68. The van der Waals surface area contributed by atoms with Crippen molar-refractivity contribution in [2.45, 2.75) is 12.8 Å². The van der Waals surface area contributed by atoms with Gasteiger partial charge in [-0.25, -0.2) is 0 Å². The summed E-state index contributed by atoms with van der Waals surface area (Å²) in [5.74, 6) is 0. The maximum atomic E-state index is 4.32. The number of hydrogen-bond acceptors (Lipinski definition) is 2. The smallest absolute Gasteiger partial charge is 0.0655 e. The van der Waals surface area contributed by atoms with Gasteiger partial charge in [0.1, 0.15) is 0 Å². The average Bonchev–Trinajstić information content (AvgIpc) is 3.00. The van der Waals surface area contributed by atoms with E-state index in [0.29, 0.717) is 0 Å². The Labute approximate surface area is 124 Å². The first kappa shape index (κ1) is 13.3. The summed E-state index contributed by atoms with van der Waals surface area (Å²) in [6, 6.07) is 12.1. The molecule has 0 amide bonds. The number of fused-ring (bicyclic) bond motifs is 1. The second-order valence-corrected chi connectivity index (χ2v) is 5.09. The Bertz CT molecular complexity index is 784. The number of rotatable bonds is 5. The highest BCUT2D eigenvalue weighted by molar-refractivity contribution is 5.82. The van der Waals surface area contributed by atoms with Crippen LogP contribution in [0.2, 0.25) is 0 Å². The van der Waals surface area contributed by atoms with E-state index in [4.69, 9.17) is 0 Å². The van der Waals surface area contributed by atoms with Crippen LogP contribution < -0.4 is 0 Å². The Morgan fingerprint density at radius 3 is 2.71 bits per heavy atom. The standard InChI is InChI=1S/C18H17N3/c1-13(6-7-14(2)17-5-3-4-10-19-17)15-8-9-18-16(11-15)12-20-21-18/h3-5,8-12H,1-2,6-7H2,(H,20,21). The monoisotopic (exact) mass is 275 g/mol. The number of nitrogens with one attached hydrogen (secondary N) is 1. The van der Waals surface area contributed by atoms with Gasteiger partial charge in [0.05, 0.1) is 17.4 Å². The Morgan fingerprint density at radius 1 is 1.05 bits per heavy atom. The predicted molar refractivity (Wildman–Crippen MR) is 87.6 cm³/mol. The number of pyridine rings is 1. The van der Waals surface area contributed by atoms with Crippen molar-refractivity contribution in [3.05, 3.63) is 73.2 Å². The minimum atomic E-state index is 0.860. The van der Waals surface area contributed by atoms with Gasteiger partial charge in [-0.05, 0) is 53.8 Å². The number of hydrogen-bond donors (Lipinski definition) is 1. The van der Waals surface area contributed by atoms with Crippen LogP contribution in [0, 0.1) is 0 Å². The van der Waals surface area contributed by atoms with Crippen LogP contribution in [-0.2, 0) is 0 Å². The summed E-state index contributed by atoms with van der Waals surface area (Å²) in [5.41, 5.74) is 5.30. The quantitative estimate of drug-likeness (QED) is 0.746. The molecule has 0 saturated carbocycles. The molecule has 0 atom stereocenters. The van der Waals surface area contributed by atoms with E-state index in [2.05, 4.69) is 40.5 Å². The number of allylic oxidation sites excluding steroid dienone is 2. The molecule has 1 N–H and O–H groups in total. The van der Waals surface area contributed by atoms with Gasteiger partial charge in [0, 0.05) is 11.6 Å². The van der Waals surface area contributed by atoms with Gasteiger partial charge in [0.25, 0.3) is 0 Å². The second kappa shape index (κ2) is 5.75. The molecule has 104 valence electrons. The van der Waals surface area contributed by atoms with Crippen LogP contribution in [0.15, 0.2) is 61.9 Å². The maximum Gasteiger partial charge on any atom is 0.0655 e. The van der Waals surface area contributed by atoms with Crippen LogP contribution in [0.3, 0.4) is 0 Å². The number of nitrogens with zero attached hydrogens (tertiary/aromatic N) is 2. The largest absolute Gasteiger partial charge is 0.278 e. The van der Waals surface area contributed by atoms with Gasteiger partial charge in [0.15, 0.2) is 0 Å². The van der Waals surface area contributed by atoms with E-state index in [1.54, 1.807) is 6.20 Å². The minimum Gasteiger partial charge on any atom is -0.278 e. The van der Waals surface area contributed by atoms with Gasteiger partial charge in [0.2, 0.25) is 0 Å². The van der Waals surface area contributed by atoms with Crippen LogP contribution in [0.25, 0.3) is 22.0 Å². The summed E-state index contributed by atoms with van der Waals surface area (Å²) < 4.78 is 0. The number of aromatic amines is 1. The molecule has 0 fully saturated rings. The highest BCUT2D eigenvalue weighted by Gasteiger charge is 2.05. The molecule has 0 unspecified atom stereocenters. The zero-order valence-electron chi connectivity index (χ0n) is 11.8. The molecule has 0 spiro atoms. The summed E-state index contributed by atoms with van der Waals surface area (Å²) in [6.45, 7) is 8.30. The van der Waals surface area contributed by atoms with Crippen LogP contribution >= 0.6 is 0 Å². The van der Waals surface area contributed by atoms with Crippen molar-refractivity contribution in [3.8, 4) is 0 Å². The fraction of sp³-hybridized carbons (Fsp3) is 0.111. The van der Waals surface area contributed by atoms with Gasteiger partial charge in [-0.3, -0.25) is 10.1 Å². The summed E-state index contributed by atoms with van der Waals surface area (Å²) in [4.78, 5) is 4.32. The van der Waals surface area contributed by atoms with Gasteiger partial charge >= 0.3 is 0 Å². The molecular weight excluding hydrogens is 258 g/mol. The second-order valence-electron chi connectivity index (χ2n) is 5.09. The van der Waals surface area contributed by atoms with E-state index in [1.807, 2.05) is 30.5 Å². The fourth-order valence-corrected chi connectivity index (χ4v) is 2.31. The molecule has 3 heteroatoms. The van der Waals surface area contributed by atoms with Gasteiger partial charge in [-0.2, -0.15) is 5.10 Å². The molecule has 0 aliphatic heterocycles. The third-order valence-electron chi connectivity index (χ3n) is 3.60. The van der Waals surface area contributed by atoms with E-state index in [-0.39, 0.29) is 0 Å². The Morgan fingerprint density at radius 2 is 1.90 bits per heavy atom. The van der Waals surface area contributed by atoms with Crippen LogP contribution in [0.4, 0.5) is 0 Å². The molecule has 0 aliphatic carbocycles. The number of benzene rings is 1. The number of aromatic nitrogens is 3. The molecule has 2 heterocycles. The lowest BCUT2D eigenvalue weighted by atomic mass is 9.98. The van der Waals surface area contributed by atoms with Crippen LogP contribution in [0.5, 0.6) is 0 Å². The molecule has 0 bridgehead atoms. The molecule has 3 rings (SSSR count). The molecule has 0 radical (unpaired) electrons. The van der Waals surface area contributed by atoms with Crippen LogP contribution in [0.1, 0.15) is 24.1 Å². The lowest BCUT2D eigenvalue weighted by Gasteiger charge is -2.08. The van der Waals surface area contributed by atoms with E-state index in [0.717, 1.165) is 46.1 Å². The first-order valence-corrected chi connectivity index (χ1v) is 6.94. The van der Waals surface area contributed by atoms with Crippen molar-refractivity contribution in [3.63, 3.8) is 0 Å². The zero-order chi connectivity index (χ0) is 14.7. The van der Waals surface area contributed by atoms with Crippen molar-refractivity contribution in [2.75, 3.05) is 0 Å². The van der Waals surface area contributed by atoms with Crippen molar-refractivity contribution >= 4 is 22.0 Å². The third kappa shape index (κ3) is 2.92. The summed E-state index contributed by atoms with van der Waals surface area (Å²) in [5, 5.41) is 8.10. The van der Waals surface area contributed by atoms with E-state index in [1.165, 1.54) is 0 Å². The molecule has 21 heavy (non-hydrogen) atoms. The van der Waals surface area contributed by atoms with Crippen molar-refractivity contribution in [2.24, 2.45) is 0 Å². The summed E-state index contributed by atoms with van der Waals surface area (Å²) in [6.07, 6.45) is 5.36. The van der Waals surface area contributed by atoms with E-state index >= 15 is 0 Å². The molecule has 1 aromatic carbocycles. The number of H-pyrrole nitrogens is 1. The minimum absolute atomic E-state index is 0.860. The SMILES string of the molecule is C=C(CCC(=C)c1ccccn1)c1ccc2[nH]ncc2c1. The molecule has 2 aromatic heterocycles. The topological polar surface area (TPSA) is 41.6 Å². The van der Waals surface area contributed by atoms with E-state index in [9.17, 15) is 0 Å². The zero-order valence-corrected chi connectivity index (χ0v) is 11.8. The van der Waals surface area contributed by atoms with Crippen molar-refractivity contribution in [1.82, 2.24) is 15.2 Å². The highest BCUT2D eigenvalue weighted by atomic mass is 15.1. The lowest BCUT2D eigenvalue weighted by molar-refractivity contribution is 1.07. The maximum absolute atomic E-state index is 4.32. The molecule has 0 saturated heterocycles. The van der Waals surface area contributed by atoms with Crippen molar-refractivity contribution < 1.29 is 0 Å². The first-order chi connectivity index (χ1) is 10.2. The Balaban J connectivity index is 1.67.